The normalized spacial score (nSPS) is 14.4. The number of ether oxygens (including phenoxy) is 1. The molecule has 0 heterocycles. The van der Waals surface area contributed by atoms with Crippen molar-refractivity contribution in [3.8, 4) is 5.75 Å². The zero-order chi connectivity index (χ0) is 22.3. The first-order valence-electron chi connectivity index (χ1n) is 11.0. The van der Waals surface area contributed by atoms with Crippen LogP contribution in [0.15, 0.2) is 65.8 Å². The number of aryl methyl sites for hydroxylation is 1. The van der Waals surface area contributed by atoms with Crippen LogP contribution < -0.4 is 15.5 Å². The Bertz CT molecular complexity index is 1150. The van der Waals surface area contributed by atoms with Gasteiger partial charge in [0.15, 0.2) is 5.11 Å². The van der Waals surface area contributed by atoms with Crippen LogP contribution in [0, 0.1) is 6.92 Å². The molecule has 0 saturated heterocycles. The van der Waals surface area contributed by atoms with Crippen LogP contribution in [0.2, 0.25) is 0 Å². The highest BCUT2D eigenvalue weighted by Gasteiger charge is 2.15. The highest BCUT2D eigenvalue weighted by Crippen LogP contribution is 2.27. The Morgan fingerprint density at radius 3 is 2.69 bits per heavy atom. The molecule has 0 amide bonds. The number of rotatable bonds is 5. The molecule has 0 spiro atoms. The van der Waals surface area contributed by atoms with Crippen LogP contribution in [-0.2, 0) is 0 Å². The molecule has 4 rings (SSSR count). The molecule has 0 unspecified atom stereocenters. The summed E-state index contributed by atoms with van der Waals surface area (Å²) in [4.78, 5) is 12.7. The Balaban J connectivity index is 1.54. The van der Waals surface area contributed by atoms with Crippen molar-refractivity contribution >= 4 is 40.3 Å². The van der Waals surface area contributed by atoms with Gasteiger partial charge in [-0.1, -0.05) is 67.3 Å². The second kappa shape index (κ2) is 10.4. The number of fused-ring (bicyclic) bond motifs is 1. The minimum absolute atomic E-state index is 0.402. The Morgan fingerprint density at radius 1 is 1.06 bits per heavy atom. The zero-order valence-corrected chi connectivity index (χ0v) is 19.0. The van der Waals surface area contributed by atoms with Crippen LogP contribution in [0.5, 0.6) is 5.75 Å². The van der Waals surface area contributed by atoms with E-state index in [0.29, 0.717) is 22.5 Å². The van der Waals surface area contributed by atoms with Crippen molar-refractivity contribution < 1.29 is 9.53 Å². The molecular weight excluding hydrogens is 418 g/mol. The molecule has 164 valence electrons. The van der Waals surface area contributed by atoms with E-state index in [1.54, 1.807) is 18.3 Å². The van der Waals surface area contributed by atoms with E-state index in [9.17, 15) is 4.79 Å². The summed E-state index contributed by atoms with van der Waals surface area (Å²) < 4.78 is 5.77. The molecule has 0 radical (unpaired) electrons. The first-order chi connectivity index (χ1) is 15.6. The maximum atomic E-state index is 12.7. The third-order valence-electron chi connectivity index (χ3n) is 5.69. The lowest BCUT2D eigenvalue weighted by atomic mass is 9.96. The van der Waals surface area contributed by atoms with Gasteiger partial charge in [-0.2, -0.15) is 5.10 Å². The fourth-order valence-corrected chi connectivity index (χ4v) is 4.27. The van der Waals surface area contributed by atoms with Crippen molar-refractivity contribution in [3.63, 3.8) is 0 Å². The first kappa shape index (κ1) is 22.0. The summed E-state index contributed by atoms with van der Waals surface area (Å²) >= 11 is 5.40. The molecule has 1 aliphatic carbocycles. The molecule has 0 aromatic heterocycles. The number of thiocarbonyl (C=S) groups is 1. The van der Waals surface area contributed by atoms with Gasteiger partial charge in [0.1, 0.15) is 5.75 Å². The average Bonchev–Trinajstić information content (AvgIpc) is 2.81. The Morgan fingerprint density at radius 2 is 1.88 bits per heavy atom. The molecular formula is C26H27N3O2S. The highest BCUT2D eigenvalue weighted by atomic mass is 32.1. The molecule has 32 heavy (non-hydrogen) atoms. The SMILES string of the molecule is Cc1cccc(C(=O)Oc2ccc3ccccc3c2/C=N\NC(=S)NC2CCCCC2)c1. The molecule has 1 aliphatic rings. The van der Waals surface area contributed by atoms with Gasteiger partial charge in [0.2, 0.25) is 0 Å². The number of hydrogen-bond donors (Lipinski definition) is 2. The van der Waals surface area contributed by atoms with Crippen molar-refractivity contribution in [1.29, 1.82) is 0 Å². The average molecular weight is 446 g/mol. The van der Waals surface area contributed by atoms with E-state index in [1.165, 1.54) is 19.3 Å². The third kappa shape index (κ3) is 5.51. The monoisotopic (exact) mass is 445 g/mol. The van der Waals surface area contributed by atoms with E-state index < -0.39 is 5.97 Å². The number of carbonyl (C=O) groups is 1. The number of esters is 1. The van der Waals surface area contributed by atoms with Gasteiger partial charge in [-0.25, -0.2) is 4.79 Å². The van der Waals surface area contributed by atoms with E-state index >= 15 is 0 Å². The Kier molecular flexibility index (Phi) is 7.12. The summed E-state index contributed by atoms with van der Waals surface area (Å²) in [5, 5.41) is 10.2. The van der Waals surface area contributed by atoms with Gasteiger partial charge in [0, 0.05) is 11.6 Å². The zero-order valence-electron chi connectivity index (χ0n) is 18.1. The van der Waals surface area contributed by atoms with Crippen molar-refractivity contribution in [2.75, 3.05) is 0 Å². The molecule has 3 aromatic carbocycles. The van der Waals surface area contributed by atoms with Gasteiger partial charge < -0.3 is 10.1 Å². The summed E-state index contributed by atoms with van der Waals surface area (Å²) in [6, 6.07) is 19.4. The standard InChI is InChI=1S/C26H27N3O2S/c1-18-8-7-10-20(16-18)25(30)31-24-15-14-19-9-5-6-13-22(19)23(24)17-27-29-26(32)28-21-11-3-2-4-12-21/h5-10,13-17,21H,2-4,11-12H2,1H3,(H2,28,29,32)/b27-17-. The summed E-state index contributed by atoms with van der Waals surface area (Å²) in [5.41, 5.74) is 5.15. The molecule has 0 atom stereocenters. The number of hydrogen-bond acceptors (Lipinski definition) is 4. The van der Waals surface area contributed by atoms with Crippen molar-refractivity contribution in [1.82, 2.24) is 10.7 Å². The molecule has 2 N–H and O–H groups in total. The number of benzene rings is 3. The summed E-state index contributed by atoms with van der Waals surface area (Å²) in [5.74, 6) is 0.0491. The maximum Gasteiger partial charge on any atom is 0.343 e. The lowest BCUT2D eigenvalue weighted by Crippen LogP contribution is -2.40. The summed E-state index contributed by atoms with van der Waals surface area (Å²) in [6.45, 7) is 1.95. The van der Waals surface area contributed by atoms with Crippen LogP contribution in [0.4, 0.5) is 0 Å². The van der Waals surface area contributed by atoms with Crippen LogP contribution in [0.25, 0.3) is 10.8 Å². The third-order valence-corrected chi connectivity index (χ3v) is 5.90. The van der Waals surface area contributed by atoms with E-state index in [4.69, 9.17) is 17.0 Å². The largest absolute Gasteiger partial charge is 0.422 e. The van der Waals surface area contributed by atoms with Crippen LogP contribution in [0.3, 0.4) is 0 Å². The lowest BCUT2D eigenvalue weighted by Gasteiger charge is -2.23. The number of carbonyl (C=O) groups excluding carboxylic acids is 1. The van der Waals surface area contributed by atoms with Crippen molar-refractivity contribution in [2.45, 2.75) is 45.1 Å². The Labute approximate surface area is 193 Å². The number of hydrazone groups is 1. The van der Waals surface area contributed by atoms with E-state index in [2.05, 4.69) is 15.8 Å². The smallest absolute Gasteiger partial charge is 0.343 e. The van der Waals surface area contributed by atoms with Crippen LogP contribution in [0.1, 0.15) is 53.6 Å². The molecule has 6 heteroatoms. The van der Waals surface area contributed by atoms with Gasteiger partial charge in [-0.3, -0.25) is 5.43 Å². The van der Waals surface area contributed by atoms with E-state index in [-0.39, 0.29) is 0 Å². The van der Waals surface area contributed by atoms with E-state index in [0.717, 1.165) is 34.7 Å². The second-order valence-corrected chi connectivity index (χ2v) is 8.54. The second-order valence-electron chi connectivity index (χ2n) is 8.14. The molecule has 3 aromatic rings. The molecule has 5 nitrogen and oxygen atoms in total. The minimum atomic E-state index is -0.402. The summed E-state index contributed by atoms with van der Waals surface area (Å²) in [7, 11) is 0. The van der Waals surface area contributed by atoms with Gasteiger partial charge in [-0.05, 0) is 61.0 Å². The number of nitrogens with one attached hydrogen (secondary N) is 2. The van der Waals surface area contributed by atoms with Gasteiger partial charge >= 0.3 is 5.97 Å². The molecule has 0 aliphatic heterocycles. The lowest BCUT2D eigenvalue weighted by molar-refractivity contribution is 0.0734. The first-order valence-corrected chi connectivity index (χ1v) is 11.4. The predicted molar refractivity (Wildman–Crippen MR) is 133 cm³/mol. The van der Waals surface area contributed by atoms with Crippen LogP contribution in [-0.4, -0.2) is 23.3 Å². The fourth-order valence-electron chi connectivity index (χ4n) is 4.05. The summed E-state index contributed by atoms with van der Waals surface area (Å²) in [6.07, 6.45) is 7.68. The van der Waals surface area contributed by atoms with Gasteiger partial charge in [-0.15, -0.1) is 0 Å². The van der Waals surface area contributed by atoms with Crippen LogP contribution >= 0.6 is 12.2 Å². The molecule has 1 fully saturated rings. The minimum Gasteiger partial charge on any atom is -0.422 e. The fraction of sp³-hybridized carbons (Fsp3) is 0.269. The Hall–Kier alpha value is -3.25. The number of nitrogens with zero attached hydrogens (tertiary/aromatic N) is 1. The molecule has 0 bridgehead atoms. The predicted octanol–water partition coefficient (Wildman–Crippen LogP) is 5.50. The van der Waals surface area contributed by atoms with Gasteiger partial charge in [0.05, 0.1) is 11.8 Å². The molecule has 1 saturated carbocycles. The van der Waals surface area contributed by atoms with Gasteiger partial charge in [0.25, 0.3) is 0 Å². The quantitative estimate of drug-likeness (QED) is 0.179. The van der Waals surface area contributed by atoms with Crippen molar-refractivity contribution in [3.05, 3.63) is 77.4 Å². The van der Waals surface area contributed by atoms with E-state index in [1.807, 2.05) is 55.5 Å². The highest BCUT2D eigenvalue weighted by molar-refractivity contribution is 7.80. The van der Waals surface area contributed by atoms with Crippen molar-refractivity contribution in [2.24, 2.45) is 5.10 Å². The topological polar surface area (TPSA) is 62.7 Å². The maximum absolute atomic E-state index is 12.7.